The van der Waals surface area contributed by atoms with Crippen LogP contribution in [0.25, 0.3) is 0 Å². The van der Waals surface area contributed by atoms with Gasteiger partial charge in [-0.25, -0.2) is 0 Å². The van der Waals surface area contributed by atoms with E-state index in [2.05, 4.69) is 13.8 Å². The molecule has 76 valence electrons. The van der Waals surface area contributed by atoms with Crippen molar-refractivity contribution < 1.29 is 9.57 Å². The van der Waals surface area contributed by atoms with E-state index in [9.17, 15) is 0 Å². The van der Waals surface area contributed by atoms with Crippen molar-refractivity contribution in [2.75, 3.05) is 32.9 Å². The molecule has 0 radical (unpaired) electrons. The Morgan fingerprint density at radius 3 is 2.54 bits per heavy atom. The summed E-state index contributed by atoms with van der Waals surface area (Å²) in [5, 5.41) is 2.04. The van der Waals surface area contributed by atoms with Crippen LogP contribution < -0.4 is 0 Å². The second kappa shape index (κ2) is 3.56. The van der Waals surface area contributed by atoms with Gasteiger partial charge in [0.1, 0.15) is 0 Å². The third-order valence-corrected chi connectivity index (χ3v) is 3.15. The van der Waals surface area contributed by atoms with Crippen LogP contribution in [0, 0.1) is 11.3 Å². The summed E-state index contributed by atoms with van der Waals surface area (Å²) in [6.07, 6.45) is 1.32. The van der Waals surface area contributed by atoms with E-state index in [0.29, 0.717) is 5.41 Å². The molecule has 0 aromatic carbocycles. The average Bonchev–Trinajstić information content (AvgIpc) is 2.73. The Kier molecular flexibility index (Phi) is 2.58. The van der Waals surface area contributed by atoms with E-state index in [1.54, 1.807) is 0 Å². The molecule has 1 unspecified atom stereocenters. The van der Waals surface area contributed by atoms with Gasteiger partial charge in [-0.3, -0.25) is 4.84 Å². The molecule has 3 heteroatoms. The first-order valence-corrected chi connectivity index (χ1v) is 5.14. The molecule has 0 N–H and O–H groups in total. The highest BCUT2D eigenvalue weighted by Gasteiger charge is 2.45. The lowest BCUT2D eigenvalue weighted by molar-refractivity contribution is -0.197. The van der Waals surface area contributed by atoms with Gasteiger partial charge in [0.2, 0.25) is 0 Å². The van der Waals surface area contributed by atoms with Crippen molar-refractivity contribution >= 4 is 0 Å². The van der Waals surface area contributed by atoms with Gasteiger partial charge in [-0.05, 0) is 17.8 Å². The van der Waals surface area contributed by atoms with E-state index in [1.165, 1.54) is 6.42 Å². The summed E-state index contributed by atoms with van der Waals surface area (Å²) in [5.41, 5.74) is 0.534. The van der Waals surface area contributed by atoms with Crippen LogP contribution in [0.4, 0.5) is 0 Å². The fraction of sp³-hybridized carbons (Fsp3) is 1.00. The van der Waals surface area contributed by atoms with E-state index >= 15 is 0 Å². The number of morpholine rings is 1. The van der Waals surface area contributed by atoms with Crippen molar-refractivity contribution in [3.05, 3.63) is 0 Å². The van der Waals surface area contributed by atoms with Gasteiger partial charge in [-0.2, -0.15) is 5.06 Å². The molecule has 1 atom stereocenters. The Morgan fingerprint density at radius 1 is 1.38 bits per heavy atom. The van der Waals surface area contributed by atoms with Crippen LogP contribution in [0.1, 0.15) is 20.3 Å². The monoisotopic (exact) mass is 185 g/mol. The second-order valence-electron chi connectivity index (χ2n) is 4.73. The van der Waals surface area contributed by atoms with Crippen LogP contribution >= 0.6 is 0 Å². The first kappa shape index (κ1) is 9.44. The van der Waals surface area contributed by atoms with E-state index in [-0.39, 0.29) is 0 Å². The highest BCUT2D eigenvalue weighted by Crippen LogP contribution is 2.51. The largest absolute Gasteiger partial charge is 0.379 e. The maximum Gasteiger partial charge on any atom is 0.0718 e. The zero-order valence-corrected chi connectivity index (χ0v) is 8.58. The predicted molar refractivity (Wildman–Crippen MR) is 50.2 cm³/mol. The molecule has 0 bridgehead atoms. The van der Waals surface area contributed by atoms with Crippen molar-refractivity contribution in [3.8, 4) is 0 Å². The topological polar surface area (TPSA) is 21.7 Å². The van der Waals surface area contributed by atoms with Crippen molar-refractivity contribution in [1.29, 1.82) is 0 Å². The van der Waals surface area contributed by atoms with Crippen LogP contribution in [0.5, 0.6) is 0 Å². The Hall–Kier alpha value is -0.120. The fourth-order valence-corrected chi connectivity index (χ4v) is 1.73. The summed E-state index contributed by atoms with van der Waals surface area (Å²) in [6, 6.07) is 0. The molecule has 1 aliphatic heterocycles. The van der Waals surface area contributed by atoms with Crippen LogP contribution in [-0.4, -0.2) is 38.0 Å². The van der Waals surface area contributed by atoms with Crippen molar-refractivity contribution in [2.24, 2.45) is 11.3 Å². The average molecular weight is 185 g/mol. The summed E-state index contributed by atoms with van der Waals surface area (Å²) in [6.45, 7) is 8.98. The van der Waals surface area contributed by atoms with Gasteiger partial charge >= 0.3 is 0 Å². The molecule has 3 nitrogen and oxygen atoms in total. The van der Waals surface area contributed by atoms with Gasteiger partial charge in [0.25, 0.3) is 0 Å². The Bertz CT molecular complexity index is 176. The van der Waals surface area contributed by atoms with Gasteiger partial charge in [0.15, 0.2) is 0 Å². The molecule has 13 heavy (non-hydrogen) atoms. The summed E-state index contributed by atoms with van der Waals surface area (Å²) in [4.78, 5) is 5.70. The number of nitrogens with zero attached hydrogens (tertiary/aromatic N) is 1. The molecule has 2 fully saturated rings. The minimum Gasteiger partial charge on any atom is -0.379 e. The number of hydrogen-bond acceptors (Lipinski definition) is 3. The van der Waals surface area contributed by atoms with E-state index in [4.69, 9.17) is 9.57 Å². The smallest absolute Gasteiger partial charge is 0.0718 e. The highest BCUT2D eigenvalue weighted by atomic mass is 16.7. The van der Waals surface area contributed by atoms with Crippen molar-refractivity contribution in [3.63, 3.8) is 0 Å². The van der Waals surface area contributed by atoms with Gasteiger partial charge in [0.05, 0.1) is 19.8 Å². The molecule has 1 saturated carbocycles. The standard InChI is InChI=1S/C10H19NO2/c1-10(2)7-9(10)8-13-11-3-5-12-6-4-11/h9H,3-8H2,1-2H3. The molecule has 0 amide bonds. The lowest BCUT2D eigenvalue weighted by Crippen LogP contribution is -2.36. The van der Waals surface area contributed by atoms with Crippen LogP contribution in [0.15, 0.2) is 0 Å². The summed E-state index contributed by atoms with van der Waals surface area (Å²) in [7, 11) is 0. The first-order valence-electron chi connectivity index (χ1n) is 5.14. The summed E-state index contributed by atoms with van der Waals surface area (Å²) < 4.78 is 5.24. The number of hydroxylamine groups is 2. The lowest BCUT2D eigenvalue weighted by Gasteiger charge is -2.25. The molecule has 0 aromatic rings. The molecule has 1 saturated heterocycles. The molecule has 2 aliphatic rings. The number of ether oxygens (including phenoxy) is 1. The van der Waals surface area contributed by atoms with Gasteiger partial charge in [-0.1, -0.05) is 13.8 Å². The Balaban J connectivity index is 1.62. The third kappa shape index (κ3) is 2.42. The quantitative estimate of drug-likeness (QED) is 0.661. The predicted octanol–water partition coefficient (Wildman–Crippen LogP) is 1.30. The van der Waals surface area contributed by atoms with E-state index in [1.807, 2.05) is 5.06 Å². The Labute approximate surface area is 80.0 Å². The molecule has 0 spiro atoms. The zero-order chi connectivity index (χ0) is 9.31. The van der Waals surface area contributed by atoms with Gasteiger partial charge in [-0.15, -0.1) is 0 Å². The normalized spacial score (nSPS) is 33.2. The minimum atomic E-state index is 0.534. The maximum absolute atomic E-state index is 5.70. The van der Waals surface area contributed by atoms with E-state index in [0.717, 1.165) is 38.8 Å². The van der Waals surface area contributed by atoms with Gasteiger partial charge < -0.3 is 4.74 Å². The number of rotatable bonds is 3. The fourth-order valence-electron chi connectivity index (χ4n) is 1.73. The molecule has 0 aromatic heterocycles. The highest BCUT2D eigenvalue weighted by molar-refractivity contribution is 4.94. The molecule has 1 heterocycles. The first-order chi connectivity index (χ1) is 6.18. The third-order valence-electron chi connectivity index (χ3n) is 3.15. The molecule has 1 aliphatic carbocycles. The van der Waals surface area contributed by atoms with Gasteiger partial charge in [0, 0.05) is 13.1 Å². The van der Waals surface area contributed by atoms with Crippen molar-refractivity contribution in [1.82, 2.24) is 5.06 Å². The van der Waals surface area contributed by atoms with Crippen LogP contribution in [0.3, 0.4) is 0 Å². The lowest BCUT2D eigenvalue weighted by atomic mass is 10.1. The minimum absolute atomic E-state index is 0.534. The van der Waals surface area contributed by atoms with Crippen LogP contribution in [-0.2, 0) is 9.57 Å². The zero-order valence-electron chi connectivity index (χ0n) is 8.58. The summed E-state index contributed by atoms with van der Waals surface area (Å²) in [5.74, 6) is 0.773. The SMILES string of the molecule is CC1(C)CC1CON1CCOCC1. The Morgan fingerprint density at radius 2 is 2.00 bits per heavy atom. The van der Waals surface area contributed by atoms with Crippen LogP contribution in [0.2, 0.25) is 0 Å². The number of hydrogen-bond donors (Lipinski definition) is 0. The maximum atomic E-state index is 5.70. The second-order valence-corrected chi connectivity index (χ2v) is 4.73. The molecular weight excluding hydrogens is 166 g/mol. The molecule has 2 rings (SSSR count). The van der Waals surface area contributed by atoms with Crippen molar-refractivity contribution in [2.45, 2.75) is 20.3 Å². The molecular formula is C10H19NO2. The van der Waals surface area contributed by atoms with E-state index < -0.39 is 0 Å². The summed E-state index contributed by atoms with van der Waals surface area (Å²) >= 11 is 0.